The van der Waals surface area contributed by atoms with Gasteiger partial charge < -0.3 is 29.5 Å². The molecule has 0 radical (unpaired) electrons. The lowest BCUT2D eigenvalue weighted by atomic mass is 10.0. The molecular weight excluding hydrogens is 707 g/mol. The lowest BCUT2D eigenvalue weighted by molar-refractivity contribution is -0.161. The minimum absolute atomic E-state index is 0.111. The molecule has 4 N–H and O–H groups in total. The van der Waals surface area contributed by atoms with Gasteiger partial charge in [0.1, 0.15) is 6.61 Å². The van der Waals surface area contributed by atoms with Crippen LogP contribution in [0.5, 0.6) is 0 Å². The van der Waals surface area contributed by atoms with Crippen LogP contribution in [0, 0.1) is 0 Å². The first-order valence-corrected chi connectivity index (χ1v) is 21.9. The number of hydrogen-bond donors (Lipinski definition) is 4. The summed E-state index contributed by atoms with van der Waals surface area (Å²) in [4.78, 5) is 42.9. The Labute approximate surface area is 326 Å². The fraction of sp³-hybridized carbons (Fsp3) is 0.674. The normalized spacial score (nSPS) is 14.4. The molecule has 2 unspecified atom stereocenters. The van der Waals surface area contributed by atoms with Gasteiger partial charge in [-0.3, -0.25) is 14.1 Å². The molecule has 0 saturated heterocycles. The molecule has 0 fully saturated rings. The minimum Gasteiger partial charge on any atom is -0.462 e. The second-order valence-electron chi connectivity index (χ2n) is 13.6. The third-order valence-corrected chi connectivity index (χ3v) is 8.88. The van der Waals surface area contributed by atoms with Crippen LogP contribution in [0.3, 0.4) is 0 Å². The summed E-state index contributed by atoms with van der Waals surface area (Å²) in [6.45, 7) is 3.35. The fourth-order valence-electron chi connectivity index (χ4n) is 5.19. The van der Waals surface area contributed by atoms with Gasteiger partial charge in [-0.05, 0) is 89.9 Å². The second-order valence-corrected chi connectivity index (χ2v) is 14.8. The first kappa shape index (κ1) is 51.4. The van der Waals surface area contributed by atoms with Crippen molar-refractivity contribution in [2.75, 3.05) is 13.2 Å². The molecular formula is C43H73O10P. The zero-order valence-corrected chi connectivity index (χ0v) is 34.2. The number of aliphatic hydroxyl groups is 2. The highest BCUT2D eigenvalue weighted by Crippen LogP contribution is 2.36. The molecule has 0 spiro atoms. The molecule has 0 aromatic heterocycles. The number of carbonyl (C=O) groups is 2. The van der Waals surface area contributed by atoms with Crippen molar-refractivity contribution in [1.82, 2.24) is 0 Å². The monoisotopic (exact) mass is 780 g/mol. The SMILES string of the molecule is CCCCC/C=C\C/C=C\C/C=C\CCCCCCC(=O)OC[C@H](COP(=O)(O)O)OC(=O)CCCC(O)C(O)C/C=C\C/C=C\C/C=C\CCCCC. The van der Waals surface area contributed by atoms with Gasteiger partial charge >= 0.3 is 19.8 Å². The predicted molar refractivity (Wildman–Crippen MR) is 219 cm³/mol. The quantitative estimate of drug-likeness (QED) is 0.0209. The van der Waals surface area contributed by atoms with Gasteiger partial charge in [0.15, 0.2) is 6.10 Å². The molecule has 0 bridgehead atoms. The Morgan fingerprint density at radius 1 is 0.556 bits per heavy atom. The largest absolute Gasteiger partial charge is 0.469 e. The highest BCUT2D eigenvalue weighted by atomic mass is 31.2. The van der Waals surface area contributed by atoms with Gasteiger partial charge in [0.05, 0.1) is 18.8 Å². The number of rotatable bonds is 36. The van der Waals surface area contributed by atoms with Gasteiger partial charge in [-0.15, -0.1) is 0 Å². The van der Waals surface area contributed by atoms with Crippen LogP contribution in [-0.4, -0.2) is 63.5 Å². The van der Waals surface area contributed by atoms with Crippen LogP contribution in [0.25, 0.3) is 0 Å². The van der Waals surface area contributed by atoms with E-state index in [4.69, 9.17) is 19.3 Å². The van der Waals surface area contributed by atoms with Gasteiger partial charge in [-0.1, -0.05) is 125 Å². The molecule has 0 aliphatic rings. The van der Waals surface area contributed by atoms with E-state index in [-0.39, 0.29) is 32.1 Å². The Balaban J connectivity index is 4.25. The zero-order chi connectivity index (χ0) is 40.0. The average Bonchev–Trinajstić information content (AvgIpc) is 3.13. The Morgan fingerprint density at radius 3 is 1.54 bits per heavy atom. The van der Waals surface area contributed by atoms with E-state index < -0.39 is 51.3 Å². The molecule has 0 aliphatic heterocycles. The summed E-state index contributed by atoms with van der Waals surface area (Å²) >= 11 is 0. The van der Waals surface area contributed by atoms with Crippen LogP contribution in [0.4, 0.5) is 0 Å². The summed E-state index contributed by atoms with van der Waals surface area (Å²) in [6, 6.07) is 0. The summed E-state index contributed by atoms with van der Waals surface area (Å²) in [5, 5.41) is 20.6. The highest BCUT2D eigenvalue weighted by molar-refractivity contribution is 7.46. The van der Waals surface area contributed by atoms with Crippen molar-refractivity contribution in [2.45, 2.75) is 173 Å². The van der Waals surface area contributed by atoms with E-state index in [1.165, 1.54) is 38.5 Å². The molecule has 10 nitrogen and oxygen atoms in total. The summed E-state index contributed by atoms with van der Waals surface area (Å²) in [5.74, 6) is -1.20. The maximum atomic E-state index is 12.4. The first-order valence-electron chi connectivity index (χ1n) is 20.4. The Hall–Kier alpha value is -2.59. The number of hydrogen-bond acceptors (Lipinski definition) is 8. The molecule has 0 aliphatic carbocycles. The van der Waals surface area contributed by atoms with E-state index in [0.717, 1.165) is 64.2 Å². The van der Waals surface area contributed by atoms with Crippen molar-refractivity contribution in [1.29, 1.82) is 0 Å². The molecule has 11 heteroatoms. The van der Waals surface area contributed by atoms with Crippen LogP contribution < -0.4 is 0 Å². The van der Waals surface area contributed by atoms with Crippen molar-refractivity contribution in [2.24, 2.45) is 0 Å². The molecule has 0 rings (SSSR count). The molecule has 0 heterocycles. The predicted octanol–water partition coefficient (Wildman–Crippen LogP) is 10.2. The van der Waals surface area contributed by atoms with Crippen molar-refractivity contribution in [3.63, 3.8) is 0 Å². The first-order chi connectivity index (χ1) is 26.1. The number of allylic oxidation sites excluding steroid dienone is 11. The molecule has 3 atom stereocenters. The number of phosphoric ester groups is 1. The number of phosphoric acid groups is 1. The Kier molecular flexibility index (Phi) is 35.5. The van der Waals surface area contributed by atoms with Crippen molar-refractivity contribution in [3.05, 3.63) is 72.9 Å². The van der Waals surface area contributed by atoms with Crippen LogP contribution in [-0.2, 0) is 28.2 Å². The number of unbranched alkanes of at least 4 members (excludes halogenated alkanes) is 10. The summed E-state index contributed by atoms with van der Waals surface area (Å²) in [6.07, 6.45) is 40.7. The molecule has 310 valence electrons. The number of esters is 2. The van der Waals surface area contributed by atoms with Crippen molar-refractivity contribution in [3.8, 4) is 0 Å². The maximum absolute atomic E-state index is 12.4. The summed E-state index contributed by atoms with van der Waals surface area (Å²) in [5.41, 5.74) is 0. The maximum Gasteiger partial charge on any atom is 0.469 e. The molecule has 0 aromatic rings. The fourth-order valence-corrected chi connectivity index (χ4v) is 5.55. The standard InChI is InChI=1S/C43H73O10P/c1-3-5-7-9-11-13-15-17-18-19-20-21-23-25-27-29-31-35-42(46)51-37-39(38-52-54(48,49)50)53-43(47)36-32-34-41(45)40(44)33-30-28-26-24-22-16-14-12-10-8-6-4-2/h11-14,17-18,20-22,24,28,30,39-41,44-45H,3-10,15-16,19,23,25-27,29,31-38H2,1-2H3,(H2,48,49,50)/b13-11-,14-12-,18-17-,21-20-,24-22-,30-28-/t39-,40?,41?/m1/s1. The van der Waals surface area contributed by atoms with E-state index in [1.54, 1.807) is 0 Å². The number of ether oxygens (including phenoxy) is 2. The average molecular weight is 781 g/mol. The van der Waals surface area contributed by atoms with Gasteiger partial charge in [0, 0.05) is 12.8 Å². The van der Waals surface area contributed by atoms with Gasteiger partial charge in [-0.25, -0.2) is 4.57 Å². The minimum atomic E-state index is -4.84. The molecule has 0 saturated carbocycles. The summed E-state index contributed by atoms with van der Waals surface area (Å²) < 4.78 is 26.2. The zero-order valence-electron chi connectivity index (χ0n) is 33.3. The Bertz CT molecular complexity index is 1140. The van der Waals surface area contributed by atoms with Crippen LogP contribution in [0.1, 0.15) is 155 Å². The number of carbonyl (C=O) groups excluding carboxylic acids is 2. The lowest BCUT2D eigenvalue weighted by Crippen LogP contribution is -2.30. The van der Waals surface area contributed by atoms with E-state index in [2.05, 4.69) is 79.1 Å². The highest BCUT2D eigenvalue weighted by Gasteiger charge is 2.23. The summed E-state index contributed by atoms with van der Waals surface area (Å²) in [7, 11) is -4.84. The number of aliphatic hydroxyl groups excluding tert-OH is 2. The van der Waals surface area contributed by atoms with Crippen LogP contribution in [0.2, 0.25) is 0 Å². The van der Waals surface area contributed by atoms with Crippen molar-refractivity contribution < 1.29 is 48.2 Å². The third-order valence-electron chi connectivity index (χ3n) is 8.40. The van der Waals surface area contributed by atoms with E-state index in [1.807, 2.05) is 12.2 Å². The topological polar surface area (TPSA) is 160 Å². The van der Waals surface area contributed by atoms with E-state index in [9.17, 15) is 24.4 Å². The Morgan fingerprint density at radius 2 is 1.02 bits per heavy atom. The lowest BCUT2D eigenvalue weighted by Gasteiger charge is -2.19. The van der Waals surface area contributed by atoms with Gasteiger partial charge in [-0.2, -0.15) is 0 Å². The van der Waals surface area contributed by atoms with E-state index in [0.29, 0.717) is 6.42 Å². The smallest absolute Gasteiger partial charge is 0.462 e. The van der Waals surface area contributed by atoms with Gasteiger partial charge in [0.2, 0.25) is 0 Å². The molecule has 0 amide bonds. The second kappa shape index (κ2) is 37.3. The molecule has 0 aromatic carbocycles. The van der Waals surface area contributed by atoms with Gasteiger partial charge in [0.25, 0.3) is 0 Å². The van der Waals surface area contributed by atoms with Crippen LogP contribution in [0.15, 0.2) is 72.9 Å². The van der Waals surface area contributed by atoms with Crippen LogP contribution >= 0.6 is 7.82 Å². The van der Waals surface area contributed by atoms with Crippen molar-refractivity contribution >= 4 is 19.8 Å². The van der Waals surface area contributed by atoms with E-state index >= 15 is 0 Å². The third kappa shape index (κ3) is 37.7. The molecule has 54 heavy (non-hydrogen) atoms.